The van der Waals surface area contributed by atoms with Crippen LogP contribution in [0.3, 0.4) is 0 Å². The van der Waals surface area contributed by atoms with Crippen LogP contribution in [0.4, 0.5) is 8.78 Å². The van der Waals surface area contributed by atoms with Crippen LogP contribution in [0, 0.1) is 11.6 Å². The van der Waals surface area contributed by atoms with Gasteiger partial charge in [0.05, 0.1) is 13.7 Å². The van der Waals surface area contributed by atoms with Crippen LogP contribution < -0.4 is 4.74 Å². The molecule has 134 valence electrons. The number of ether oxygens (including phenoxy) is 1. The zero-order valence-corrected chi connectivity index (χ0v) is 14.6. The average Bonchev–Trinajstić information content (AvgIpc) is 2.57. The van der Waals surface area contributed by atoms with Crippen LogP contribution in [0.2, 0.25) is 0 Å². The second-order valence-corrected chi connectivity index (χ2v) is 6.02. The van der Waals surface area contributed by atoms with Gasteiger partial charge in [0.1, 0.15) is 5.82 Å². The molecule has 1 amide bonds. The molecule has 6 heteroatoms. The lowest BCUT2D eigenvalue weighted by atomic mass is 10.2. The SMILES string of the molecule is COc1ccc(CN(C)CC(=O)N(C)Cc2ccc(F)cc2)cc1F. The minimum atomic E-state index is -0.423. The molecule has 0 heterocycles. The van der Waals surface area contributed by atoms with Gasteiger partial charge in [-0.1, -0.05) is 18.2 Å². The molecular formula is C19H22F2N2O2. The minimum Gasteiger partial charge on any atom is -0.494 e. The number of hydrogen-bond donors (Lipinski definition) is 0. The largest absolute Gasteiger partial charge is 0.494 e. The maximum absolute atomic E-state index is 13.7. The van der Waals surface area contributed by atoms with Crippen LogP contribution >= 0.6 is 0 Å². The van der Waals surface area contributed by atoms with Crippen molar-refractivity contribution in [3.8, 4) is 5.75 Å². The smallest absolute Gasteiger partial charge is 0.236 e. The lowest BCUT2D eigenvalue weighted by Crippen LogP contribution is -2.36. The number of nitrogens with zero attached hydrogens (tertiary/aromatic N) is 2. The van der Waals surface area contributed by atoms with Crippen LogP contribution in [-0.4, -0.2) is 43.5 Å². The van der Waals surface area contributed by atoms with Crippen LogP contribution in [0.15, 0.2) is 42.5 Å². The molecule has 0 saturated heterocycles. The Morgan fingerprint density at radius 1 is 1.00 bits per heavy atom. The van der Waals surface area contributed by atoms with Crippen LogP contribution in [-0.2, 0) is 17.9 Å². The van der Waals surface area contributed by atoms with Gasteiger partial charge in [0.2, 0.25) is 5.91 Å². The topological polar surface area (TPSA) is 32.8 Å². The number of amides is 1. The summed E-state index contributed by atoms with van der Waals surface area (Å²) in [7, 11) is 4.91. The van der Waals surface area contributed by atoms with Crippen LogP contribution in [0.25, 0.3) is 0 Å². The second-order valence-electron chi connectivity index (χ2n) is 6.02. The first kappa shape index (κ1) is 18.9. The number of benzene rings is 2. The first-order chi connectivity index (χ1) is 11.9. The molecule has 0 unspecified atom stereocenters. The van der Waals surface area contributed by atoms with Crippen molar-refractivity contribution in [1.29, 1.82) is 0 Å². The fraction of sp³-hybridized carbons (Fsp3) is 0.316. The Hall–Kier alpha value is -2.47. The first-order valence-electron chi connectivity index (χ1n) is 7.88. The number of carbonyl (C=O) groups excluding carboxylic acids is 1. The van der Waals surface area contributed by atoms with Gasteiger partial charge in [-0.05, 0) is 42.4 Å². The van der Waals surface area contributed by atoms with Crippen molar-refractivity contribution in [3.05, 3.63) is 65.2 Å². The van der Waals surface area contributed by atoms with E-state index in [4.69, 9.17) is 4.74 Å². The Balaban J connectivity index is 1.88. The van der Waals surface area contributed by atoms with Crippen molar-refractivity contribution < 1.29 is 18.3 Å². The molecule has 2 aromatic carbocycles. The third-order valence-electron chi connectivity index (χ3n) is 3.83. The summed E-state index contributed by atoms with van der Waals surface area (Å²) in [6.07, 6.45) is 0. The standard InChI is InChI=1S/C19H22F2N2O2/c1-22(11-15-6-9-18(25-3)17(21)10-15)13-19(24)23(2)12-14-4-7-16(20)8-5-14/h4-10H,11-13H2,1-3H3. The number of hydrogen-bond acceptors (Lipinski definition) is 3. The predicted molar refractivity (Wildman–Crippen MR) is 92.2 cm³/mol. The van der Waals surface area contributed by atoms with Gasteiger partial charge in [0, 0.05) is 20.1 Å². The molecule has 0 aliphatic carbocycles. The van der Waals surface area contributed by atoms with Gasteiger partial charge in [0.15, 0.2) is 11.6 Å². The highest BCUT2D eigenvalue weighted by atomic mass is 19.1. The highest BCUT2D eigenvalue weighted by Gasteiger charge is 2.13. The van der Waals surface area contributed by atoms with E-state index in [1.807, 2.05) is 4.90 Å². The van der Waals surface area contributed by atoms with Gasteiger partial charge >= 0.3 is 0 Å². The fourth-order valence-electron chi connectivity index (χ4n) is 2.48. The molecule has 25 heavy (non-hydrogen) atoms. The van der Waals surface area contributed by atoms with Crippen molar-refractivity contribution in [1.82, 2.24) is 9.80 Å². The van der Waals surface area contributed by atoms with E-state index in [9.17, 15) is 13.6 Å². The fourth-order valence-corrected chi connectivity index (χ4v) is 2.48. The number of carbonyl (C=O) groups is 1. The number of methoxy groups -OCH3 is 1. The van der Waals surface area contributed by atoms with Crippen molar-refractivity contribution in [3.63, 3.8) is 0 Å². The maximum Gasteiger partial charge on any atom is 0.236 e. The van der Waals surface area contributed by atoms with E-state index in [0.717, 1.165) is 11.1 Å². The van der Waals surface area contributed by atoms with E-state index in [1.165, 1.54) is 25.3 Å². The molecule has 2 rings (SSSR count). The molecule has 0 aliphatic rings. The molecule has 0 aliphatic heterocycles. The molecule has 0 saturated carbocycles. The van der Waals surface area contributed by atoms with Crippen molar-refractivity contribution >= 4 is 5.91 Å². The van der Waals surface area contributed by atoms with Crippen LogP contribution in [0.5, 0.6) is 5.75 Å². The summed E-state index contributed by atoms with van der Waals surface area (Å²) in [5.74, 6) is -0.598. The summed E-state index contributed by atoms with van der Waals surface area (Å²) in [4.78, 5) is 15.7. The quantitative estimate of drug-likeness (QED) is 0.771. The minimum absolute atomic E-state index is 0.0687. The Kier molecular flexibility index (Phi) is 6.47. The van der Waals surface area contributed by atoms with E-state index < -0.39 is 5.82 Å². The van der Waals surface area contributed by atoms with Gasteiger partial charge in [-0.2, -0.15) is 0 Å². The molecule has 0 N–H and O–H groups in total. The van der Waals surface area contributed by atoms with Gasteiger partial charge < -0.3 is 9.64 Å². The van der Waals surface area contributed by atoms with Gasteiger partial charge in [-0.25, -0.2) is 8.78 Å². The summed E-state index contributed by atoms with van der Waals surface area (Å²) in [6, 6.07) is 10.8. The lowest BCUT2D eigenvalue weighted by molar-refractivity contribution is -0.131. The maximum atomic E-state index is 13.7. The lowest BCUT2D eigenvalue weighted by Gasteiger charge is -2.22. The highest BCUT2D eigenvalue weighted by molar-refractivity contribution is 5.77. The zero-order chi connectivity index (χ0) is 18.4. The second kappa shape index (κ2) is 8.58. The Labute approximate surface area is 146 Å². The van der Waals surface area contributed by atoms with Gasteiger partial charge in [-0.15, -0.1) is 0 Å². The summed E-state index contributed by atoms with van der Waals surface area (Å²) in [5.41, 5.74) is 1.62. The molecular weight excluding hydrogens is 326 g/mol. The zero-order valence-electron chi connectivity index (χ0n) is 14.6. The first-order valence-corrected chi connectivity index (χ1v) is 7.88. The molecule has 0 radical (unpaired) electrons. The van der Waals surface area contributed by atoms with Gasteiger partial charge in [0.25, 0.3) is 0 Å². The average molecular weight is 348 g/mol. The predicted octanol–water partition coefficient (Wildman–Crippen LogP) is 3.06. The molecule has 0 fully saturated rings. The van der Waals surface area contributed by atoms with E-state index in [2.05, 4.69) is 0 Å². The molecule has 4 nitrogen and oxygen atoms in total. The molecule has 0 atom stereocenters. The molecule has 2 aromatic rings. The Morgan fingerprint density at radius 3 is 2.24 bits per heavy atom. The van der Waals surface area contributed by atoms with E-state index in [0.29, 0.717) is 13.1 Å². The van der Waals surface area contributed by atoms with E-state index >= 15 is 0 Å². The third kappa shape index (κ3) is 5.53. The number of rotatable bonds is 7. The molecule has 0 aromatic heterocycles. The number of halogens is 2. The van der Waals surface area contributed by atoms with E-state index in [-0.39, 0.29) is 24.0 Å². The van der Waals surface area contributed by atoms with Crippen molar-refractivity contribution in [2.24, 2.45) is 0 Å². The summed E-state index contributed by atoms with van der Waals surface area (Å²) in [6.45, 7) is 1.05. The van der Waals surface area contributed by atoms with Crippen molar-refractivity contribution in [2.45, 2.75) is 13.1 Å². The number of likely N-dealkylation sites (N-methyl/N-ethyl adjacent to an activating group) is 2. The van der Waals surface area contributed by atoms with E-state index in [1.54, 1.807) is 43.3 Å². The van der Waals surface area contributed by atoms with Gasteiger partial charge in [-0.3, -0.25) is 9.69 Å². The summed E-state index contributed by atoms with van der Waals surface area (Å²) < 4.78 is 31.5. The summed E-state index contributed by atoms with van der Waals surface area (Å²) >= 11 is 0. The van der Waals surface area contributed by atoms with Crippen LogP contribution in [0.1, 0.15) is 11.1 Å². The van der Waals surface area contributed by atoms with Crippen molar-refractivity contribution in [2.75, 3.05) is 27.7 Å². The normalized spacial score (nSPS) is 10.8. The summed E-state index contributed by atoms with van der Waals surface area (Å²) in [5, 5.41) is 0. The Morgan fingerprint density at radius 2 is 1.64 bits per heavy atom. The Bertz CT molecular complexity index is 720. The third-order valence-corrected chi connectivity index (χ3v) is 3.83. The highest BCUT2D eigenvalue weighted by Crippen LogP contribution is 2.18. The molecule has 0 spiro atoms. The monoisotopic (exact) mass is 348 g/mol. The molecule has 0 bridgehead atoms.